The first-order chi connectivity index (χ1) is 10.5. The second-order valence-corrected chi connectivity index (χ2v) is 4.73. The number of nitrogens with zero attached hydrogens (tertiary/aromatic N) is 1. The predicted molar refractivity (Wildman–Crippen MR) is 77.7 cm³/mol. The zero-order valence-electron chi connectivity index (χ0n) is 11.9. The molecule has 0 aromatic heterocycles. The molecule has 0 saturated carbocycles. The minimum absolute atomic E-state index is 0.0480. The van der Waals surface area contributed by atoms with E-state index >= 15 is 0 Å². The van der Waals surface area contributed by atoms with Crippen LogP contribution in [0.2, 0.25) is 0 Å². The van der Waals surface area contributed by atoms with Gasteiger partial charge in [-0.1, -0.05) is 0 Å². The Morgan fingerprint density at radius 3 is 2.27 bits per heavy atom. The van der Waals surface area contributed by atoms with Crippen LogP contribution in [0.3, 0.4) is 0 Å². The molecule has 0 aliphatic carbocycles. The number of ketones is 1. The van der Waals surface area contributed by atoms with Gasteiger partial charge in [-0.15, -0.1) is 0 Å². The van der Waals surface area contributed by atoms with Gasteiger partial charge in [0, 0.05) is 12.1 Å². The van der Waals surface area contributed by atoms with Gasteiger partial charge in [0.15, 0.2) is 0 Å². The maximum atomic E-state index is 13.3. The molecule has 2 aromatic rings. The number of ether oxygens (including phenoxy) is 2. The number of Topliss-reactive ketones (excluding diaryl/α,β-unsaturated/α-hetero) is 1. The van der Waals surface area contributed by atoms with Crippen molar-refractivity contribution >= 4 is 17.2 Å². The highest BCUT2D eigenvalue weighted by molar-refractivity contribution is 6.52. The lowest BCUT2D eigenvalue weighted by Crippen LogP contribution is -2.16. The van der Waals surface area contributed by atoms with Crippen molar-refractivity contribution in [1.29, 1.82) is 0 Å². The Morgan fingerprint density at radius 1 is 1.05 bits per heavy atom. The van der Waals surface area contributed by atoms with E-state index in [4.69, 9.17) is 9.47 Å². The van der Waals surface area contributed by atoms with Crippen LogP contribution >= 0.6 is 0 Å². The summed E-state index contributed by atoms with van der Waals surface area (Å²) in [6.45, 7) is 0. The number of rotatable bonds is 3. The predicted octanol–water partition coefficient (Wildman–Crippen LogP) is 2.67. The molecule has 0 spiro atoms. The molecule has 0 saturated heterocycles. The van der Waals surface area contributed by atoms with E-state index in [0.29, 0.717) is 21.8 Å². The van der Waals surface area contributed by atoms with Crippen molar-refractivity contribution in [2.24, 2.45) is 0 Å². The molecule has 1 aliphatic heterocycles. The van der Waals surface area contributed by atoms with Crippen molar-refractivity contribution in [2.75, 3.05) is 14.2 Å². The second-order valence-electron chi connectivity index (χ2n) is 4.73. The van der Waals surface area contributed by atoms with Crippen LogP contribution in [0.1, 0.15) is 15.9 Å². The maximum Gasteiger partial charge on any atom is 0.273 e. The Morgan fingerprint density at radius 2 is 1.68 bits per heavy atom. The number of fused-ring (bicyclic) bond motifs is 1. The van der Waals surface area contributed by atoms with Crippen LogP contribution in [0.5, 0.6) is 11.5 Å². The SMILES string of the molecule is COc1cc(OC)cc(C2=[N+]([O-])c3ccc(F)cc3C2=O)c1. The van der Waals surface area contributed by atoms with E-state index in [0.717, 1.165) is 12.1 Å². The summed E-state index contributed by atoms with van der Waals surface area (Å²) in [5.74, 6) is -0.194. The lowest BCUT2D eigenvalue weighted by atomic mass is 10.0. The molecule has 0 atom stereocenters. The number of hydrogen-bond acceptors (Lipinski definition) is 4. The topological polar surface area (TPSA) is 61.6 Å². The average molecular weight is 301 g/mol. The normalized spacial score (nSPS) is 13.3. The highest BCUT2D eigenvalue weighted by Gasteiger charge is 2.37. The van der Waals surface area contributed by atoms with Gasteiger partial charge in [-0.25, -0.2) is 4.39 Å². The monoisotopic (exact) mass is 301 g/mol. The Balaban J connectivity index is 2.18. The molecule has 0 fully saturated rings. The molecule has 0 amide bonds. The maximum absolute atomic E-state index is 13.3. The van der Waals surface area contributed by atoms with E-state index in [1.54, 1.807) is 18.2 Å². The molecule has 0 bridgehead atoms. The fourth-order valence-electron chi connectivity index (χ4n) is 2.40. The molecule has 2 aromatic carbocycles. The largest absolute Gasteiger partial charge is 0.618 e. The summed E-state index contributed by atoms with van der Waals surface area (Å²) in [6.07, 6.45) is 0. The van der Waals surface area contributed by atoms with Gasteiger partial charge in [0.2, 0.25) is 5.69 Å². The summed E-state index contributed by atoms with van der Waals surface area (Å²) in [6, 6.07) is 8.25. The molecular formula is C16H12FNO4. The number of carbonyl (C=O) groups excluding carboxylic acids is 1. The minimum Gasteiger partial charge on any atom is -0.618 e. The van der Waals surface area contributed by atoms with Gasteiger partial charge in [-0.2, -0.15) is 4.74 Å². The molecule has 3 rings (SSSR count). The fraction of sp³-hybridized carbons (Fsp3) is 0.125. The standard InChI is InChI=1S/C16H12FNO4/c1-21-11-5-9(6-12(8-11)22-2)15-16(19)13-7-10(17)3-4-14(13)18(15)20/h3-8H,1-2H3. The van der Waals surface area contributed by atoms with Crippen LogP contribution in [0.15, 0.2) is 36.4 Å². The summed E-state index contributed by atoms with van der Waals surface area (Å²) in [5, 5.41) is 12.4. The van der Waals surface area contributed by atoms with E-state index in [9.17, 15) is 14.4 Å². The smallest absolute Gasteiger partial charge is 0.273 e. The molecule has 0 radical (unpaired) electrons. The van der Waals surface area contributed by atoms with E-state index in [1.807, 2.05) is 0 Å². The van der Waals surface area contributed by atoms with Crippen LogP contribution in [0, 0.1) is 11.0 Å². The van der Waals surface area contributed by atoms with Gasteiger partial charge in [0.05, 0.1) is 19.8 Å². The third kappa shape index (κ3) is 2.09. The molecule has 5 nitrogen and oxygen atoms in total. The van der Waals surface area contributed by atoms with Crippen molar-refractivity contribution in [3.05, 3.63) is 58.5 Å². The number of hydrogen-bond donors (Lipinski definition) is 0. The number of carbonyl (C=O) groups is 1. The Bertz CT molecular complexity index is 792. The number of halogens is 1. The van der Waals surface area contributed by atoms with Gasteiger partial charge >= 0.3 is 0 Å². The zero-order valence-corrected chi connectivity index (χ0v) is 11.9. The summed E-state index contributed by atoms with van der Waals surface area (Å²) in [5.41, 5.74) is 0.445. The lowest BCUT2D eigenvalue weighted by Gasteiger charge is -2.07. The quantitative estimate of drug-likeness (QED) is 0.646. The van der Waals surface area contributed by atoms with Crippen LogP contribution in [-0.4, -0.2) is 30.5 Å². The van der Waals surface area contributed by atoms with Crippen molar-refractivity contribution in [3.8, 4) is 11.5 Å². The molecular weight excluding hydrogens is 289 g/mol. The van der Waals surface area contributed by atoms with Gasteiger partial charge in [-0.3, -0.25) is 4.79 Å². The number of methoxy groups -OCH3 is 2. The van der Waals surface area contributed by atoms with Gasteiger partial charge in [-0.05, 0) is 24.3 Å². The third-order valence-electron chi connectivity index (χ3n) is 3.47. The summed E-state index contributed by atoms with van der Waals surface area (Å²) in [4.78, 5) is 12.4. The van der Waals surface area contributed by atoms with Crippen LogP contribution in [-0.2, 0) is 0 Å². The minimum atomic E-state index is -0.565. The number of benzene rings is 2. The molecule has 112 valence electrons. The molecule has 0 N–H and O–H groups in total. The van der Waals surface area contributed by atoms with Crippen LogP contribution < -0.4 is 9.47 Å². The zero-order chi connectivity index (χ0) is 15.9. The Labute approximate surface area is 125 Å². The first kappa shape index (κ1) is 14.1. The van der Waals surface area contributed by atoms with E-state index in [-0.39, 0.29) is 17.0 Å². The highest BCUT2D eigenvalue weighted by Crippen LogP contribution is 2.31. The molecule has 22 heavy (non-hydrogen) atoms. The van der Waals surface area contributed by atoms with Crippen molar-refractivity contribution in [1.82, 2.24) is 0 Å². The first-order valence-corrected chi connectivity index (χ1v) is 6.47. The first-order valence-electron chi connectivity index (χ1n) is 6.47. The second kappa shape index (κ2) is 5.14. The summed E-state index contributed by atoms with van der Waals surface area (Å²) >= 11 is 0. The average Bonchev–Trinajstić information content (AvgIpc) is 2.77. The van der Waals surface area contributed by atoms with Crippen molar-refractivity contribution in [3.63, 3.8) is 0 Å². The highest BCUT2D eigenvalue weighted by atomic mass is 19.1. The van der Waals surface area contributed by atoms with Crippen LogP contribution in [0.25, 0.3) is 0 Å². The van der Waals surface area contributed by atoms with E-state index in [2.05, 4.69) is 0 Å². The van der Waals surface area contributed by atoms with Crippen LogP contribution in [0.4, 0.5) is 10.1 Å². The van der Waals surface area contributed by atoms with Gasteiger partial charge in [0.1, 0.15) is 22.9 Å². The fourth-order valence-corrected chi connectivity index (χ4v) is 2.40. The lowest BCUT2D eigenvalue weighted by molar-refractivity contribution is -0.355. The van der Waals surface area contributed by atoms with E-state index in [1.165, 1.54) is 20.3 Å². The van der Waals surface area contributed by atoms with Crippen molar-refractivity contribution in [2.45, 2.75) is 0 Å². The van der Waals surface area contributed by atoms with Gasteiger partial charge in [0.25, 0.3) is 11.5 Å². The van der Waals surface area contributed by atoms with E-state index < -0.39 is 11.6 Å². The molecule has 1 aliphatic rings. The molecule has 0 unspecified atom stereocenters. The summed E-state index contributed by atoms with van der Waals surface area (Å²) in [7, 11) is 2.94. The third-order valence-corrected chi connectivity index (χ3v) is 3.47. The van der Waals surface area contributed by atoms with Gasteiger partial charge < -0.3 is 14.7 Å². The molecule has 6 heteroatoms. The summed E-state index contributed by atoms with van der Waals surface area (Å²) < 4.78 is 24.1. The molecule has 1 heterocycles. The van der Waals surface area contributed by atoms with Crippen molar-refractivity contribution < 1.29 is 23.4 Å². The Hall–Kier alpha value is -2.89. The Kier molecular flexibility index (Phi) is 3.29.